The molecule has 2 heterocycles. The fraction of sp³-hybridized carbons (Fsp3) is 0.692. The van der Waals surface area contributed by atoms with Gasteiger partial charge >= 0.3 is 0 Å². The first-order valence-corrected chi connectivity index (χ1v) is 6.87. The second kappa shape index (κ2) is 6.54. The second-order valence-electron chi connectivity index (χ2n) is 4.63. The van der Waals surface area contributed by atoms with Crippen molar-refractivity contribution in [3.63, 3.8) is 0 Å². The van der Waals surface area contributed by atoms with E-state index in [2.05, 4.69) is 32.8 Å². The molecule has 5 nitrogen and oxygen atoms in total. The van der Waals surface area contributed by atoms with Gasteiger partial charge in [-0.2, -0.15) is 4.98 Å². The molecule has 1 aliphatic heterocycles. The maximum atomic E-state index is 4.53. The van der Waals surface area contributed by atoms with Crippen LogP contribution in [0, 0.1) is 0 Å². The average molecular weight is 249 g/mol. The molecular weight excluding hydrogens is 226 g/mol. The van der Waals surface area contributed by atoms with Gasteiger partial charge in [0.15, 0.2) is 0 Å². The zero-order valence-electron chi connectivity index (χ0n) is 11.3. The first kappa shape index (κ1) is 13.1. The molecule has 3 N–H and O–H groups in total. The van der Waals surface area contributed by atoms with Crippen molar-refractivity contribution in [2.75, 3.05) is 30.8 Å². The summed E-state index contributed by atoms with van der Waals surface area (Å²) in [6, 6.07) is 0. The topological polar surface area (TPSA) is 61.9 Å². The smallest absolute Gasteiger partial charge is 0.224 e. The molecule has 0 unspecified atom stereocenters. The van der Waals surface area contributed by atoms with Crippen LogP contribution in [0.25, 0.3) is 0 Å². The van der Waals surface area contributed by atoms with Crippen molar-refractivity contribution >= 4 is 11.8 Å². The molecule has 0 amide bonds. The molecular formula is C13H23N5. The highest BCUT2D eigenvalue weighted by molar-refractivity contribution is 5.51. The van der Waals surface area contributed by atoms with E-state index in [-0.39, 0.29) is 0 Å². The standard InChI is InChI=1S/C13H23N5/c1-3-4-5-7-16-12-10-9-15-8-6-11(10)17-13(14-2)18-12/h15H,3-9H2,1-2H3,(H2,14,16,17,18). The normalized spacial score (nSPS) is 14.1. The van der Waals surface area contributed by atoms with Crippen LogP contribution in [-0.4, -0.2) is 30.1 Å². The monoisotopic (exact) mass is 249 g/mol. The van der Waals surface area contributed by atoms with Crippen LogP contribution in [0.5, 0.6) is 0 Å². The van der Waals surface area contributed by atoms with E-state index in [1.54, 1.807) is 0 Å². The number of hydrogen-bond donors (Lipinski definition) is 3. The van der Waals surface area contributed by atoms with E-state index in [4.69, 9.17) is 0 Å². The summed E-state index contributed by atoms with van der Waals surface area (Å²) >= 11 is 0. The van der Waals surface area contributed by atoms with E-state index >= 15 is 0 Å². The predicted octanol–water partition coefficient (Wildman–Crippen LogP) is 1.77. The summed E-state index contributed by atoms with van der Waals surface area (Å²) in [6.45, 7) is 5.08. The Hall–Kier alpha value is -1.36. The SMILES string of the molecule is CCCCCNc1nc(NC)nc2c1CNCC2. The van der Waals surface area contributed by atoms with E-state index in [0.29, 0.717) is 5.95 Å². The van der Waals surface area contributed by atoms with Gasteiger partial charge in [0.2, 0.25) is 5.95 Å². The molecule has 0 aromatic carbocycles. The molecule has 0 fully saturated rings. The second-order valence-corrected chi connectivity index (χ2v) is 4.63. The van der Waals surface area contributed by atoms with E-state index in [1.807, 2.05) is 7.05 Å². The molecule has 0 radical (unpaired) electrons. The average Bonchev–Trinajstić information content (AvgIpc) is 2.43. The zero-order valence-corrected chi connectivity index (χ0v) is 11.3. The van der Waals surface area contributed by atoms with Gasteiger partial charge in [0.25, 0.3) is 0 Å². The van der Waals surface area contributed by atoms with Crippen molar-refractivity contribution in [2.24, 2.45) is 0 Å². The van der Waals surface area contributed by atoms with Crippen LogP contribution in [0.4, 0.5) is 11.8 Å². The highest BCUT2D eigenvalue weighted by Gasteiger charge is 2.16. The van der Waals surface area contributed by atoms with Gasteiger partial charge in [0.1, 0.15) is 5.82 Å². The number of hydrogen-bond acceptors (Lipinski definition) is 5. The number of fused-ring (bicyclic) bond motifs is 1. The summed E-state index contributed by atoms with van der Waals surface area (Å²) < 4.78 is 0. The Morgan fingerprint density at radius 3 is 2.94 bits per heavy atom. The lowest BCUT2D eigenvalue weighted by molar-refractivity contribution is 0.627. The van der Waals surface area contributed by atoms with Gasteiger partial charge in [0, 0.05) is 38.7 Å². The van der Waals surface area contributed by atoms with Gasteiger partial charge in [-0.1, -0.05) is 19.8 Å². The number of unbranched alkanes of at least 4 members (excludes halogenated alkanes) is 2. The van der Waals surface area contributed by atoms with E-state index in [9.17, 15) is 0 Å². The molecule has 0 bridgehead atoms. The Bertz CT molecular complexity index is 391. The minimum atomic E-state index is 0.716. The summed E-state index contributed by atoms with van der Waals surface area (Å²) in [7, 11) is 1.86. The molecule has 1 aliphatic rings. The maximum absolute atomic E-state index is 4.53. The van der Waals surface area contributed by atoms with Crippen molar-refractivity contribution < 1.29 is 0 Å². The van der Waals surface area contributed by atoms with Crippen LogP contribution in [0.2, 0.25) is 0 Å². The highest BCUT2D eigenvalue weighted by atomic mass is 15.1. The fourth-order valence-corrected chi connectivity index (χ4v) is 2.18. The molecule has 5 heteroatoms. The van der Waals surface area contributed by atoms with Crippen molar-refractivity contribution in [2.45, 2.75) is 39.2 Å². The van der Waals surface area contributed by atoms with Crippen LogP contribution in [0.15, 0.2) is 0 Å². The lowest BCUT2D eigenvalue weighted by Crippen LogP contribution is -2.27. The van der Waals surface area contributed by atoms with Crippen molar-refractivity contribution in [3.05, 3.63) is 11.3 Å². The Kier molecular flexibility index (Phi) is 4.75. The number of nitrogens with one attached hydrogen (secondary N) is 3. The lowest BCUT2D eigenvalue weighted by atomic mass is 10.1. The molecule has 18 heavy (non-hydrogen) atoms. The van der Waals surface area contributed by atoms with Gasteiger partial charge in [0.05, 0.1) is 5.69 Å². The van der Waals surface area contributed by atoms with Gasteiger partial charge in [-0.25, -0.2) is 4.98 Å². The van der Waals surface area contributed by atoms with E-state index < -0.39 is 0 Å². The molecule has 0 spiro atoms. The third-order valence-corrected chi connectivity index (χ3v) is 3.23. The third-order valence-electron chi connectivity index (χ3n) is 3.23. The van der Waals surface area contributed by atoms with Crippen molar-refractivity contribution in [3.8, 4) is 0 Å². The summed E-state index contributed by atoms with van der Waals surface area (Å²) in [5, 5.41) is 9.87. The fourth-order valence-electron chi connectivity index (χ4n) is 2.18. The van der Waals surface area contributed by atoms with Gasteiger partial charge in [-0.3, -0.25) is 0 Å². The van der Waals surface area contributed by atoms with Gasteiger partial charge in [-0.05, 0) is 6.42 Å². The molecule has 0 saturated carbocycles. The largest absolute Gasteiger partial charge is 0.370 e. The molecule has 2 rings (SSSR count). The van der Waals surface area contributed by atoms with Crippen LogP contribution in [0.1, 0.15) is 37.4 Å². The molecule has 0 saturated heterocycles. The molecule has 100 valence electrons. The Morgan fingerprint density at radius 1 is 1.28 bits per heavy atom. The first-order valence-electron chi connectivity index (χ1n) is 6.87. The summed E-state index contributed by atoms with van der Waals surface area (Å²) in [5.41, 5.74) is 2.41. The summed E-state index contributed by atoms with van der Waals surface area (Å²) in [6.07, 6.45) is 4.68. The van der Waals surface area contributed by atoms with Crippen LogP contribution < -0.4 is 16.0 Å². The molecule has 0 atom stereocenters. The zero-order chi connectivity index (χ0) is 12.8. The van der Waals surface area contributed by atoms with Gasteiger partial charge in [-0.15, -0.1) is 0 Å². The van der Waals surface area contributed by atoms with Gasteiger partial charge < -0.3 is 16.0 Å². The Balaban J connectivity index is 2.11. The quantitative estimate of drug-likeness (QED) is 0.671. The predicted molar refractivity (Wildman–Crippen MR) is 75.0 cm³/mol. The minimum absolute atomic E-state index is 0.716. The van der Waals surface area contributed by atoms with Crippen LogP contribution >= 0.6 is 0 Å². The molecule has 1 aromatic heterocycles. The van der Waals surface area contributed by atoms with Crippen LogP contribution in [-0.2, 0) is 13.0 Å². The highest BCUT2D eigenvalue weighted by Crippen LogP contribution is 2.21. The maximum Gasteiger partial charge on any atom is 0.224 e. The number of nitrogens with zero attached hydrogens (tertiary/aromatic N) is 2. The summed E-state index contributed by atoms with van der Waals surface area (Å²) in [5.74, 6) is 1.71. The summed E-state index contributed by atoms with van der Waals surface area (Å²) in [4.78, 5) is 9.06. The first-order chi connectivity index (χ1) is 8.85. The minimum Gasteiger partial charge on any atom is -0.370 e. The Labute approximate surface area is 109 Å². The number of rotatable bonds is 6. The third kappa shape index (κ3) is 3.10. The number of anilines is 2. The Morgan fingerprint density at radius 2 is 2.17 bits per heavy atom. The molecule has 1 aromatic rings. The lowest BCUT2D eigenvalue weighted by Gasteiger charge is -2.20. The van der Waals surface area contributed by atoms with Crippen molar-refractivity contribution in [1.82, 2.24) is 15.3 Å². The van der Waals surface area contributed by atoms with E-state index in [1.165, 1.54) is 30.5 Å². The van der Waals surface area contributed by atoms with E-state index in [0.717, 1.165) is 31.9 Å². The molecule has 0 aliphatic carbocycles. The number of aromatic nitrogens is 2. The van der Waals surface area contributed by atoms with Crippen molar-refractivity contribution in [1.29, 1.82) is 0 Å². The van der Waals surface area contributed by atoms with Crippen LogP contribution in [0.3, 0.4) is 0 Å².